The maximum absolute atomic E-state index is 12.8. The minimum absolute atomic E-state index is 0.0185. The van der Waals surface area contributed by atoms with E-state index in [0.29, 0.717) is 44.1 Å². The standard InChI is InChI=1S/C18H23N5O4/c1-2-5-19-15(24)12-20-14-11-21-16-13(4-3-6-23(16)18(14)26)17(25)22-7-9-27-10-8-22/h3-4,6,11,20H,2,5,7-10,12H2,1H3,(H,19,24). The van der Waals surface area contributed by atoms with E-state index in [2.05, 4.69) is 15.6 Å². The third-order valence-electron chi connectivity index (χ3n) is 4.27. The van der Waals surface area contributed by atoms with E-state index in [-0.39, 0.29) is 29.6 Å². The second-order valence-electron chi connectivity index (χ2n) is 6.20. The van der Waals surface area contributed by atoms with Gasteiger partial charge in [0.1, 0.15) is 5.69 Å². The topological polar surface area (TPSA) is 105 Å². The Labute approximate surface area is 156 Å². The summed E-state index contributed by atoms with van der Waals surface area (Å²) in [5.74, 6) is -0.374. The van der Waals surface area contributed by atoms with Gasteiger partial charge in [0.2, 0.25) is 5.91 Å². The Balaban J connectivity index is 1.83. The smallest absolute Gasteiger partial charge is 0.281 e. The van der Waals surface area contributed by atoms with Gasteiger partial charge in [-0.15, -0.1) is 0 Å². The van der Waals surface area contributed by atoms with Crippen molar-refractivity contribution >= 4 is 23.1 Å². The van der Waals surface area contributed by atoms with Crippen LogP contribution in [-0.4, -0.2) is 65.5 Å². The molecule has 1 saturated heterocycles. The molecule has 144 valence electrons. The van der Waals surface area contributed by atoms with Gasteiger partial charge in [-0.1, -0.05) is 6.92 Å². The third kappa shape index (κ3) is 4.25. The second-order valence-corrected chi connectivity index (χ2v) is 6.20. The van der Waals surface area contributed by atoms with E-state index in [1.165, 1.54) is 10.6 Å². The number of fused-ring (bicyclic) bond motifs is 1. The lowest BCUT2D eigenvalue weighted by atomic mass is 10.2. The fourth-order valence-electron chi connectivity index (χ4n) is 2.83. The molecule has 9 heteroatoms. The molecular formula is C18H23N5O4. The number of nitrogens with one attached hydrogen (secondary N) is 2. The molecule has 1 aliphatic rings. The van der Waals surface area contributed by atoms with Crippen molar-refractivity contribution in [3.05, 3.63) is 40.4 Å². The first kappa shape index (κ1) is 18.8. The SMILES string of the molecule is CCCNC(=O)CNc1cnc2c(C(=O)N3CCOCC3)cccn2c1=O. The number of nitrogens with zero attached hydrogens (tertiary/aromatic N) is 3. The summed E-state index contributed by atoms with van der Waals surface area (Å²) >= 11 is 0. The van der Waals surface area contributed by atoms with Gasteiger partial charge in [-0.3, -0.25) is 18.8 Å². The first-order valence-electron chi connectivity index (χ1n) is 8.99. The van der Waals surface area contributed by atoms with Crippen molar-refractivity contribution in [2.24, 2.45) is 0 Å². The van der Waals surface area contributed by atoms with Gasteiger partial charge in [-0.25, -0.2) is 4.98 Å². The Kier molecular flexibility index (Phi) is 6.02. The van der Waals surface area contributed by atoms with Crippen LogP contribution >= 0.6 is 0 Å². The predicted octanol–water partition coefficient (Wildman–Crippen LogP) is 0.105. The average molecular weight is 373 g/mol. The molecule has 9 nitrogen and oxygen atoms in total. The molecule has 0 spiro atoms. The van der Waals surface area contributed by atoms with Gasteiger partial charge < -0.3 is 20.3 Å². The predicted molar refractivity (Wildman–Crippen MR) is 100.0 cm³/mol. The molecule has 0 atom stereocenters. The number of anilines is 1. The normalized spacial score (nSPS) is 14.2. The minimum Gasteiger partial charge on any atom is -0.378 e. The Hall–Kier alpha value is -2.94. The quantitative estimate of drug-likeness (QED) is 0.744. The lowest BCUT2D eigenvalue weighted by Crippen LogP contribution is -2.41. The number of pyridine rings is 1. The molecule has 27 heavy (non-hydrogen) atoms. The van der Waals surface area contributed by atoms with Crippen LogP contribution in [-0.2, 0) is 9.53 Å². The highest BCUT2D eigenvalue weighted by Crippen LogP contribution is 2.12. The summed E-state index contributed by atoms with van der Waals surface area (Å²) in [5.41, 5.74) is 0.499. The van der Waals surface area contributed by atoms with Crippen molar-refractivity contribution in [1.29, 1.82) is 0 Å². The molecule has 2 aromatic heterocycles. The molecule has 3 rings (SSSR count). The summed E-state index contributed by atoms with van der Waals surface area (Å²) in [4.78, 5) is 43.1. The van der Waals surface area contributed by atoms with Crippen LogP contribution in [0.2, 0.25) is 0 Å². The number of morpholine rings is 1. The first-order valence-corrected chi connectivity index (χ1v) is 8.99. The van der Waals surface area contributed by atoms with Gasteiger partial charge >= 0.3 is 0 Å². The summed E-state index contributed by atoms with van der Waals surface area (Å²) in [5, 5.41) is 5.53. The van der Waals surface area contributed by atoms with Gasteiger partial charge in [0.05, 0.1) is 31.5 Å². The molecule has 0 unspecified atom stereocenters. The molecule has 0 radical (unpaired) electrons. The lowest BCUT2D eigenvalue weighted by molar-refractivity contribution is -0.119. The molecule has 0 bridgehead atoms. The van der Waals surface area contributed by atoms with Crippen LogP contribution in [0.1, 0.15) is 23.7 Å². The third-order valence-corrected chi connectivity index (χ3v) is 4.27. The van der Waals surface area contributed by atoms with E-state index in [1.54, 1.807) is 23.2 Å². The van der Waals surface area contributed by atoms with Crippen LogP contribution in [0.5, 0.6) is 0 Å². The molecule has 1 fully saturated rings. The maximum atomic E-state index is 12.8. The van der Waals surface area contributed by atoms with Crippen molar-refractivity contribution in [2.45, 2.75) is 13.3 Å². The van der Waals surface area contributed by atoms with E-state index in [0.717, 1.165) is 6.42 Å². The average Bonchev–Trinajstić information content (AvgIpc) is 2.71. The van der Waals surface area contributed by atoms with Crippen molar-refractivity contribution in [1.82, 2.24) is 19.6 Å². The molecule has 2 N–H and O–H groups in total. The number of ether oxygens (including phenoxy) is 1. The Morgan fingerprint density at radius 1 is 1.30 bits per heavy atom. The fraction of sp³-hybridized carbons (Fsp3) is 0.444. The minimum atomic E-state index is -0.361. The highest BCUT2D eigenvalue weighted by Gasteiger charge is 2.21. The van der Waals surface area contributed by atoms with Crippen molar-refractivity contribution in [3.8, 4) is 0 Å². The monoisotopic (exact) mass is 373 g/mol. The van der Waals surface area contributed by atoms with Gasteiger partial charge in [-0.2, -0.15) is 0 Å². The van der Waals surface area contributed by atoms with Crippen molar-refractivity contribution < 1.29 is 14.3 Å². The highest BCUT2D eigenvalue weighted by molar-refractivity contribution is 5.99. The van der Waals surface area contributed by atoms with Crippen LogP contribution < -0.4 is 16.2 Å². The molecule has 0 aromatic carbocycles. The molecule has 0 saturated carbocycles. The van der Waals surface area contributed by atoms with E-state index in [1.807, 2.05) is 6.92 Å². The lowest BCUT2D eigenvalue weighted by Gasteiger charge is -2.27. The number of aromatic nitrogens is 2. The number of carbonyl (C=O) groups excluding carboxylic acids is 2. The molecule has 0 aliphatic carbocycles. The second kappa shape index (κ2) is 8.63. The van der Waals surface area contributed by atoms with Gasteiger partial charge in [-0.05, 0) is 18.6 Å². The molecule has 1 aliphatic heterocycles. The van der Waals surface area contributed by atoms with Crippen molar-refractivity contribution in [2.75, 3.05) is 44.7 Å². The summed E-state index contributed by atoms with van der Waals surface area (Å²) in [7, 11) is 0. The zero-order chi connectivity index (χ0) is 19.2. The molecular weight excluding hydrogens is 350 g/mol. The van der Waals surface area contributed by atoms with Crippen LogP contribution in [0.25, 0.3) is 5.65 Å². The van der Waals surface area contributed by atoms with E-state index >= 15 is 0 Å². The first-order chi connectivity index (χ1) is 13.1. The summed E-state index contributed by atoms with van der Waals surface area (Å²) in [6.07, 6.45) is 3.76. The van der Waals surface area contributed by atoms with E-state index in [9.17, 15) is 14.4 Å². The van der Waals surface area contributed by atoms with Gasteiger partial charge in [0, 0.05) is 25.8 Å². The van der Waals surface area contributed by atoms with Gasteiger partial charge in [0.25, 0.3) is 11.5 Å². The van der Waals surface area contributed by atoms with Crippen LogP contribution in [0.4, 0.5) is 5.69 Å². The number of hydrogen-bond acceptors (Lipinski definition) is 6. The number of rotatable bonds is 6. The fourth-order valence-corrected chi connectivity index (χ4v) is 2.83. The molecule has 2 amide bonds. The largest absolute Gasteiger partial charge is 0.378 e. The zero-order valence-electron chi connectivity index (χ0n) is 15.2. The highest BCUT2D eigenvalue weighted by atomic mass is 16.5. The number of carbonyl (C=O) groups is 2. The Morgan fingerprint density at radius 2 is 2.07 bits per heavy atom. The van der Waals surface area contributed by atoms with Gasteiger partial charge in [0.15, 0.2) is 5.65 Å². The number of amides is 2. The van der Waals surface area contributed by atoms with E-state index in [4.69, 9.17) is 4.74 Å². The summed E-state index contributed by atoms with van der Waals surface area (Å²) in [6.45, 7) is 4.55. The van der Waals surface area contributed by atoms with E-state index < -0.39 is 0 Å². The van der Waals surface area contributed by atoms with Crippen LogP contribution in [0.15, 0.2) is 29.3 Å². The maximum Gasteiger partial charge on any atom is 0.281 e. The molecule has 2 aromatic rings. The van der Waals surface area contributed by atoms with Crippen LogP contribution in [0, 0.1) is 0 Å². The number of hydrogen-bond donors (Lipinski definition) is 2. The Bertz CT molecular complexity index is 889. The Morgan fingerprint density at radius 3 is 2.81 bits per heavy atom. The summed E-state index contributed by atoms with van der Waals surface area (Å²) in [6, 6.07) is 3.30. The summed E-state index contributed by atoms with van der Waals surface area (Å²) < 4.78 is 6.59. The van der Waals surface area contributed by atoms with Crippen LogP contribution in [0.3, 0.4) is 0 Å². The zero-order valence-corrected chi connectivity index (χ0v) is 15.2. The van der Waals surface area contributed by atoms with Crippen molar-refractivity contribution in [3.63, 3.8) is 0 Å². The molecule has 3 heterocycles.